The highest BCUT2D eigenvalue weighted by molar-refractivity contribution is 5.39. The molecule has 0 spiro atoms. The predicted molar refractivity (Wildman–Crippen MR) is 53.0 cm³/mol. The molecule has 0 unspecified atom stereocenters. The Kier molecular flexibility index (Phi) is 1.92. The second-order valence-corrected chi connectivity index (χ2v) is 3.21. The molecule has 0 radical (unpaired) electrons. The van der Waals surface area contributed by atoms with E-state index in [2.05, 4.69) is 15.3 Å². The summed E-state index contributed by atoms with van der Waals surface area (Å²) in [6, 6.07) is 2.00. The van der Waals surface area contributed by atoms with Crippen LogP contribution in [0.3, 0.4) is 0 Å². The van der Waals surface area contributed by atoms with Crippen LogP contribution in [0.4, 0.5) is 5.82 Å². The van der Waals surface area contributed by atoms with Gasteiger partial charge in [0.25, 0.3) is 0 Å². The Morgan fingerprint density at radius 1 is 1.36 bits per heavy atom. The minimum Gasteiger partial charge on any atom is -0.381 e. The van der Waals surface area contributed by atoms with Crippen LogP contribution in [0, 0.1) is 13.8 Å². The average Bonchev–Trinajstić information content (AvgIpc) is 2.56. The van der Waals surface area contributed by atoms with E-state index in [4.69, 9.17) is 5.73 Å². The van der Waals surface area contributed by atoms with Gasteiger partial charge in [0.2, 0.25) is 0 Å². The minimum absolute atomic E-state index is 0.408. The van der Waals surface area contributed by atoms with Crippen LogP contribution in [-0.2, 0) is 0 Å². The van der Waals surface area contributed by atoms with Crippen LogP contribution < -0.4 is 5.73 Å². The lowest BCUT2D eigenvalue weighted by Gasteiger charge is -2.04. The van der Waals surface area contributed by atoms with E-state index in [-0.39, 0.29) is 0 Å². The van der Waals surface area contributed by atoms with Crippen molar-refractivity contribution >= 4 is 5.82 Å². The molecule has 5 nitrogen and oxygen atoms in total. The first-order valence-corrected chi connectivity index (χ1v) is 4.28. The Morgan fingerprint density at radius 2 is 2.14 bits per heavy atom. The second kappa shape index (κ2) is 3.10. The van der Waals surface area contributed by atoms with Gasteiger partial charge in [-0.15, -0.1) is 5.10 Å². The molecular weight excluding hydrogens is 178 g/mol. The van der Waals surface area contributed by atoms with Crippen LogP contribution in [-0.4, -0.2) is 20.0 Å². The molecular formula is C9H11N5. The van der Waals surface area contributed by atoms with Gasteiger partial charge in [0.1, 0.15) is 0 Å². The molecule has 0 aromatic carbocycles. The fourth-order valence-electron chi connectivity index (χ4n) is 1.25. The molecule has 72 valence electrons. The van der Waals surface area contributed by atoms with Gasteiger partial charge in [-0.3, -0.25) is 4.98 Å². The van der Waals surface area contributed by atoms with Gasteiger partial charge in [0.15, 0.2) is 5.82 Å². The third-order valence-electron chi connectivity index (χ3n) is 1.95. The van der Waals surface area contributed by atoms with E-state index in [0.717, 1.165) is 16.9 Å². The number of pyridine rings is 1. The van der Waals surface area contributed by atoms with E-state index in [1.165, 1.54) is 0 Å². The first kappa shape index (κ1) is 8.68. The summed E-state index contributed by atoms with van der Waals surface area (Å²) in [6.45, 7) is 3.91. The van der Waals surface area contributed by atoms with E-state index in [1.807, 2.05) is 26.1 Å². The van der Waals surface area contributed by atoms with Crippen LogP contribution in [0.15, 0.2) is 18.5 Å². The Morgan fingerprint density at radius 3 is 2.79 bits per heavy atom. The molecule has 0 amide bonds. The number of hydrogen-bond acceptors (Lipinski definition) is 4. The van der Waals surface area contributed by atoms with E-state index >= 15 is 0 Å². The number of aryl methyl sites for hydroxylation is 2. The van der Waals surface area contributed by atoms with Crippen LogP contribution in [0.25, 0.3) is 5.69 Å². The van der Waals surface area contributed by atoms with Crippen molar-refractivity contribution < 1.29 is 0 Å². The smallest absolute Gasteiger partial charge is 0.166 e. The molecule has 0 saturated carbocycles. The Balaban J connectivity index is 2.55. The summed E-state index contributed by atoms with van der Waals surface area (Å²) in [5.74, 6) is 0.408. The molecule has 5 heteroatoms. The molecule has 0 bridgehead atoms. The number of nitrogens with two attached hydrogens (primary N) is 1. The van der Waals surface area contributed by atoms with Crippen molar-refractivity contribution in [2.24, 2.45) is 0 Å². The lowest BCUT2D eigenvalue weighted by molar-refractivity contribution is 0.792. The molecule has 2 heterocycles. The lowest BCUT2D eigenvalue weighted by atomic mass is 10.2. The molecule has 0 aliphatic carbocycles. The van der Waals surface area contributed by atoms with Gasteiger partial charge in [-0.2, -0.15) is 0 Å². The summed E-state index contributed by atoms with van der Waals surface area (Å²) < 4.78 is 1.63. The molecule has 2 aromatic heterocycles. The number of hydrogen-bond donors (Lipinski definition) is 1. The number of nitrogens with zero attached hydrogens (tertiary/aromatic N) is 4. The van der Waals surface area contributed by atoms with Crippen molar-refractivity contribution in [1.82, 2.24) is 20.0 Å². The van der Waals surface area contributed by atoms with Crippen LogP contribution in [0.1, 0.15) is 11.3 Å². The molecule has 0 aliphatic rings. The molecule has 0 saturated heterocycles. The van der Waals surface area contributed by atoms with Crippen LogP contribution in [0.5, 0.6) is 0 Å². The number of anilines is 1. The van der Waals surface area contributed by atoms with E-state index in [9.17, 15) is 0 Å². The monoisotopic (exact) mass is 189 g/mol. The normalized spacial score (nSPS) is 10.4. The van der Waals surface area contributed by atoms with E-state index < -0.39 is 0 Å². The summed E-state index contributed by atoms with van der Waals surface area (Å²) in [4.78, 5) is 4.23. The van der Waals surface area contributed by atoms with Gasteiger partial charge in [-0.25, -0.2) is 4.68 Å². The van der Waals surface area contributed by atoms with Gasteiger partial charge >= 0.3 is 0 Å². The third kappa shape index (κ3) is 1.44. The topological polar surface area (TPSA) is 69.6 Å². The first-order valence-electron chi connectivity index (χ1n) is 4.28. The lowest BCUT2D eigenvalue weighted by Crippen LogP contribution is -2.00. The Labute approximate surface area is 81.6 Å². The maximum absolute atomic E-state index is 5.49. The van der Waals surface area contributed by atoms with Crippen molar-refractivity contribution in [3.63, 3.8) is 0 Å². The zero-order chi connectivity index (χ0) is 10.1. The Hall–Kier alpha value is -1.91. The van der Waals surface area contributed by atoms with E-state index in [0.29, 0.717) is 5.82 Å². The van der Waals surface area contributed by atoms with Crippen molar-refractivity contribution in [3.05, 3.63) is 29.7 Å². The molecule has 0 fully saturated rings. The van der Waals surface area contributed by atoms with Crippen molar-refractivity contribution in [1.29, 1.82) is 0 Å². The summed E-state index contributed by atoms with van der Waals surface area (Å²) in [7, 11) is 0. The van der Waals surface area contributed by atoms with Crippen LogP contribution in [0.2, 0.25) is 0 Å². The number of rotatable bonds is 1. The average molecular weight is 189 g/mol. The fraction of sp³-hybridized carbons (Fsp3) is 0.222. The molecule has 0 atom stereocenters. The zero-order valence-electron chi connectivity index (χ0n) is 8.10. The van der Waals surface area contributed by atoms with Crippen LogP contribution >= 0.6 is 0 Å². The van der Waals surface area contributed by atoms with Gasteiger partial charge in [0.05, 0.1) is 17.6 Å². The summed E-state index contributed by atoms with van der Waals surface area (Å²) in [5, 5.41) is 7.62. The van der Waals surface area contributed by atoms with Gasteiger partial charge in [0, 0.05) is 6.20 Å². The molecule has 2 aromatic rings. The summed E-state index contributed by atoms with van der Waals surface area (Å²) in [6.07, 6.45) is 3.49. The highest BCUT2D eigenvalue weighted by Crippen LogP contribution is 2.12. The van der Waals surface area contributed by atoms with Gasteiger partial charge in [-0.1, -0.05) is 5.21 Å². The van der Waals surface area contributed by atoms with Crippen molar-refractivity contribution in [2.45, 2.75) is 13.8 Å². The fourth-order valence-corrected chi connectivity index (χ4v) is 1.25. The van der Waals surface area contributed by atoms with Crippen molar-refractivity contribution in [2.75, 3.05) is 5.73 Å². The maximum atomic E-state index is 5.49. The molecule has 0 aliphatic heterocycles. The SMILES string of the molecule is Cc1cnc(C)c(-n2cc(N)nn2)c1. The third-order valence-corrected chi connectivity index (χ3v) is 1.95. The Bertz CT molecular complexity index is 460. The van der Waals surface area contributed by atoms with Gasteiger partial charge in [-0.05, 0) is 25.5 Å². The van der Waals surface area contributed by atoms with E-state index in [1.54, 1.807) is 10.9 Å². The number of aromatic nitrogens is 4. The molecule has 14 heavy (non-hydrogen) atoms. The summed E-state index contributed by atoms with van der Waals surface area (Å²) in [5.41, 5.74) is 8.39. The minimum atomic E-state index is 0.408. The predicted octanol–water partition coefficient (Wildman–Crippen LogP) is 0.861. The largest absolute Gasteiger partial charge is 0.381 e. The second-order valence-electron chi connectivity index (χ2n) is 3.21. The van der Waals surface area contributed by atoms with Crippen molar-refractivity contribution in [3.8, 4) is 5.69 Å². The highest BCUT2D eigenvalue weighted by atomic mass is 15.4. The molecule has 2 rings (SSSR count). The maximum Gasteiger partial charge on any atom is 0.166 e. The first-order chi connectivity index (χ1) is 6.66. The number of nitrogen functional groups attached to an aromatic ring is 1. The zero-order valence-corrected chi connectivity index (χ0v) is 8.10. The molecule has 2 N–H and O–H groups in total. The highest BCUT2D eigenvalue weighted by Gasteiger charge is 2.04. The standard InChI is InChI=1S/C9H11N5/c1-6-3-8(7(2)11-4-6)14-5-9(10)12-13-14/h3-5H,10H2,1-2H3. The van der Waals surface area contributed by atoms with Gasteiger partial charge < -0.3 is 5.73 Å². The summed E-state index contributed by atoms with van der Waals surface area (Å²) >= 11 is 0. The quantitative estimate of drug-likeness (QED) is 0.722.